The van der Waals surface area contributed by atoms with E-state index in [1.807, 2.05) is 0 Å². The number of nitrogens with one attached hydrogen (secondary N) is 3. The Bertz CT molecular complexity index is 1850. The topological polar surface area (TPSA) is 114 Å². The largest absolute Gasteiger partial charge is 0.416 e. The minimum atomic E-state index is -5.11. The van der Waals surface area contributed by atoms with Gasteiger partial charge in [0, 0.05) is 27.2 Å². The maximum absolute atomic E-state index is 14.1. The van der Waals surface area contributed by atoms with E-state index in [4.69, 9.17) is 27.9 Å². The van der Waals surface area contributed by atoms with Gasteiger partial charge in [-0.05, 0) is 67.9 Å². The van der Waals surface area contributed by atoms with E-state index in [1.54, 1.807) is 24.3 Å². The Morgan fingerprint density at radius 2 is 1.52 bits per heavy atom. The van der Waals surface area contributed by atoms with E-state index in [0.29, 0.717) is 43.8 Å². The van der Waals surface area contributed by atoms with Crippen molar-refractivity contribution >= 4 is 50.7 Å². The molecule has 18 heteroatoms. The van der Waals surface area contributed by atoms with E-state index in [2.05, 4.69) is 16.1 Å². The van der Waals surface area contributed by atoms with Gasteiger partial charge in [0.1, 0.15) is 12.6 Å². The lowest BCUT2D eigenvalue weighted by atomic mass is 9.75. The quantitative estimate of drug-likeness (QED) is 0.183. The molecule has 3 N–H and O–H groups in total. The number of carbonyl (C=O) groups is 2. The van der Waals surface area contributed by atoms with E-state index in [0.717, 1.165) is 11.8 Å². The normalized spacial score (nSPS) is 19.5. The summed E-state index contributed by atoms with van der Waals surface area (Å²) in [6.45, 7) is -0.516. The van der Waals surface area contributed by atoms with Crippen LogP contribution in [0, 0.1) is 0 Å². The Morgan fingerprint density at radius 3 is 2.08 bits per heavy atom. The van der Waals surface area contributed by atoms with Crippen molar-refractivity contribution in [1.29, 1.82) is 0 Å². The molecule has 3 aromatic rings. The molecule has 9 nitrogen and oxygen atoms in total. The SMILES string of the molecule is CS(=O)(=O)[N+]1(NC(=O)C(COCc2cc(C(F)(F)F)cc(C(F)(F)F)c2)NC(=O)c2cc(Cl)cc(Cl)c2)CC2(CCNCC2)c2ccccc21. The van der Waals surface area contributed by atoms with Crippen LogP contribution in [0.4, 0.5) is 32.0 Å². The van der Waals surface area contributed by atoms with E-state index in [9.17, 15) is 44.3 Å². The van der Waals surface area contributed by atoms with Gasteiger partial charge in [-0.3, -0.25) is 9.59 Å². The van der Waals surface area contributed by atoms with Crippen LogP contribution in [0.3, 0.4) is 0 Å². The highest BCUT2D eigenvalue weighted by Gasteiger charge is 2.60. The highest BCUT2D eigenvalue weighted by atomic mass is 35.5. The first kappa shape index (κ1) is 37.8. The van der Waals surface area contributed by atoms with Gasteiger partial charge in [0.05, 0.1) is 36.0 Å². The van der Waals surface area contributed by atoms with Crippen molar-refractivity contribution in [2.75, 3.05) is 32.5 Å². The van der Waals surface area contributed by atoms with Crippen molar-refractivity contribution in [1.82, 2.24) is 20.1 Å². The first-order valence-electron chi connectivity index (χ1n) is 15.1. The van der Waals surface area contributed by atoms with Crippen LogP contribution in [0.15, 0.2) is 60.7 Å². The zero-order valence-corrected chi connectivity index (χ0v) is 28.5. The molecular formula is C32H31Cl2F6N4O5S+. The molecule has 0 aromatic heterocycles. The molecule has 1 spiro atoms. The number of rotatable bonds is 9. The fourth-order valence-electron chi connectivity index (χ4n) is 6.41. The van der Waals surface area contributed by atoms with Crippen LogP contribution in [0.2, 0.25) is 10.0 Å². The first-order chi connectivity index (χ1) is 23.2. The number of benzene rings is 3. The highest BCUT2D eigenvalue weighted by molar-refractivity contribution is 7.90. The summed E-state index contributed by atoms with van der Waals surface area (Å²) in [5.41, 5.74) is -0.764. The average molecular weight is 769 g/mol. The Kier molecular flexibility index (Phi) is 10.6. The van der Waals surface area contributed by atoms with E-state index in [-0.39, 0.29) is 28.2 Å². The Balaban J connectivity index is 1.48. The van der Waals surface area contributed by atoms with Crippen molar-refractivity contribution in [2.45, 2.75) is 43.3 Å². The number of piperidine rings is 1. The smallest absolute Gasteiger partial charge is 0.374 e. The van der Waals surface area contributed by atoms with Crippen molar-refractivity contribution in [2.24, 2.45) is 0 Å². The number of para-hydroxylation sites is 1. The summed E-state index contributed by atoms with van der Waals surface area (Å²) in [7, 11) is -4.19. The van der Waals surface area contributed by atoms with E-state index in [1.165, 1.54) is 18.2 Å². The summed E-state index contributed by atoms with van der Waals surface area (Å²) < 4.78 is 112. The fraction of sp³-hybridized carbons (Fsp3) is 0.375. The Morgan fingerprint density at radius 1 is 0.940 bits per heavy atom. The molecule has 50 heavy (non-hydrogen) atoms. The third-order valence-electron chi connectivity index (χ3n) is 8.75. The van der Waals surface area contributed by atoms with Gasteiger partial charge in [0.2, 0.25) is 0 Å². The maximum Gasteiger partial charge on any atom is 0.416 e. The number of halogens is 8. The second-order valence-electron chi connectivity index (χ2n) is 12.3. The second kappa shape index (κ2) is 14.0. The summed E-state index contributed by atoms with van der Waals surface area (Å²) in [4.78, 5) is 27.4. The molecule has 5 rings (SSSR count). The molecule has 270 valence electrons. The maximum atomic E-state index is 14.1. The van der Waals surface area contributed by atoms with Crippen LogP contribution in [-0.2, 0) is 43.9 Å². The summed E-state index contributed by atoms with van der Waals surface area (Å²) in [5, 5.41) is 5.81. The zero-order valence-electron chi connectivity index (χ0n) is 26.2. The van der Waals surface area contributed by atoms with Crippen molar-refractivity contribution in [3.05, 3.63) is 98.5 Å². The third kappa shape index (κ3) is 7.90. The van der Waals surface area contributed by atoms with Gasteiger partial charge in [-0.2, -0.15) is 40.2 Å². The molecule has 1 saturated heterocycles. The third-order valence-corrected chi connectivity index (χ3v) is 10.7. The molecule has 0 bridgehead atoms. The van der Waals surface area contributed by atoms with Gasteiger partial charge in [0.15, 0.2) is 5.69 Å². The average Bonchev–Trinajstić information content (AvgIpc) is 3.29. The number of nitrogens with zero attached hydrogens (tertiary/aromatic N) is 1. The lowest BCUT2D eigenvalue weighted by Crippen LogP contribution is -2.68. The molecule has 2 aliphatic rings. The van der Waals surface area contributed by atoms with E-state index < -0.39 is 79.5 Å². The van der Waals surface area contributed by atoms with Crippen LogP contribution >= 0.6 is 23.2 Å². The first-order valence-corrected chi connectivity index (χ1v) is 17.7. The van der Waals surface area contributed by atoms with Crippen molar-refractivity contribution in [3.8, 4) is 0 Å². The van der Waals surface area contributed by atoms with Crippen LogP contribution in [0.25, 0.3) is 0 Å². The fourth-order valence-corrected chi connectivity index (χ4v) is 8.19. The number of ether oxygens (including phenoxy) is 1. The Labute approximate surface area is 293 Å². The molecule has 1 fully saturated rings. The van der Waals surface area contributed by atoms with Crippen LogP contribution in [0.5, 0.6) is 0 Å². The van der Waals surface area contributed by atoms with Crippen LogP contribution in [-0.4, -0.2) is 58.8 Å². The second-order valence-corrected chi connectivity index (χ2v) is 15.2. The number of alkyl halides is 6. The van der Waals surface area contributed by atoms with Gasteiger partial charge < -0.3 is 15.4 Å². The molecule has 2 amide bonds. The van der Waals surface area contributed by atoms with Gasteiger partial charge in [-0.15, -0.1) is 0 Å². The molecule has 3 aromatic carbocycles. The number of amides is 2. The van der Waals surface area contributed by atoms with Crippen molar-refractivity contribution < 1.29 is 49.1 Å². The molecule has 2 atom stereocenters. The molecule has 0 saturated carbocycles. The molecular weight excluding hydrogens is 737 g/mol. The number of sulfonamides is 1. The van der Waals surface area contributed by atoms with Crippen LogP contribution < -0.4 is 20.1 Å². The standard InChI is InChI=1S/C32H30Cl2F6N4O5S/c1-50(47,48)44(18-30(6-8-41-9-7-30)25-4-2-3-5-27(25)44)43-29(46)26(42-28(45)20-12-23(33)15-24(34)13-20)17-49-16-19-10-21(31(35,36)37)14-22(11-19)32(38,39)40/h2-5,10-15,26,41H,6-9,16-18H2,1H3,(H-,42,43,45,46)/p+1. The van der Waals surface area contributed by atoms with Gasteiger partial charge in [-0.1, -0.05) is 45.4 Å². The molecule has 0 aliphatic carbocycles. The Hall–Kier alpha value is -3.41. The van der Waals surface area contributed by atoms with E-state index >= 15 is 0 Å². The van der Waals surface area contributed by atoms with Crippen molar-refractivity contribution in [3.63, 3.8) is 0 Å². The molecule has 2 aliphatic heterocycles. The predicted octanol–water partition coefficient (Wildman–Crippen LogP) is 5.98. The monoisotopic (exact) mass is 767 g/mol. The van der Waals surface area contributed by atoms with Gasteiger partial charge >= 0.3 is 22.4 Å². The number of hydrogen-bond acceptors (Lipinski definition) is 6. The number of carbonyl (C=O) groups excluding carboxylic acids is 2. The lowest BCUT2D eigenvalue weighted by Gasteiger charge is -2.36. The minimum Gasteiger partial charge on any atom is -0.374 e. The number of quaternary nitrogens is 1. The molecule has 2 heterocycles. The van der Waals surface area contributed by atoms with Gasteiger partial charge in [-0.25, -0.2) is 0 Å². The summed E-state index contributed by atoms with van der Waals surface area (Å²) in [5.74, 6) is -1.96. The highest BCUT2D eigenvalue weighted by Crippen LogP contribution is 2.50. The van der Waals surface area contributed by atoms with Gasteiger partial charge in [0.25, 0.3) is 11.8 Å². The molecule has 0 radical (unpaired) electrons. The zero-order chi connectivity index (χ0) is 36.7. The minimum absolute atomic E-state index is 0.0345. The number of hydrogen-bond donors (Lipinski definition) is 3. The molecule has 2 unspecified atom stereocenters. The summed E-state index contributed by atoms with van der Waals surface area (Å²) in [6, 6.07) is 9.79. The lowest BCUT2D eigenvalue weighted by molar-refractivity contribution is -0.143. The predicted molar refractivity (Wildman–Crippen MR) is 174 cm³/mol. The number of fused-ring (bicyclic) bond motifs is 2. The summed E-state index contributed by atoms with van der Waals surface area (Å²) in [6.07, 6.45) is -8.14. The summed E-state index contributed by atoms with van der Waals surface area (Å²) >= 11 is 12.1. The van der Waals surface area contributed by atoms with Crippen LogP contribution in [0.1, 0.15) is 45.5 Å².